The van der Waals surface area contributed by atoms with Crippen LogP contribution in [0.2, 0.25) is 5.02 Å². The summed E-state index contributed by atoms with van der Waals surface area (Å²) in [4.78, 5) is 9.85. The first kappa shape index (κ1) is 11.6. The Morgan fingerprint density at radius 3 is 2.73 bits per heavy atom. The van der Waals surface area contributed by atoms with Crippen LogP contribution in [0.15, 0.2) is 12.1 Å². The molecule has 1 rings (SSSR count). The molecular weight excluding hydrogens is 245 g/mol. The van der Waals surface area contributed by atoms with E-state index in [1.54, 1.807) is 0 Å². The van der Waals surface area contributed by atoms with Gasteiger partial charge in [0.15, 0.2) is 5.11 Å². The second-order valence-corrected chi connectivity index (χ2v) is 3.32. The maximum absolute atomic E-state index is 13.0. The Morgan fingerprint density at radius 2 is 2.27 bits per heavy atom. The molecule has 0 atom stereocenters. The molecule has 0 heterocycles. The molecule has 3 N–H and O–H groups in total. The molecule has 0 fully saturated rings. The average molecular weight is 250 g/mol. The van der Waals surface area contributed by atoms with Crippen LogP contribution in [0.1, 0.15) is 0 Å². The van der Waals surface area contributed by atoms with Crippen molar-refractivity contribution < 1.29 is 9.31 Å². The third-order valence-corrected chi connectivity index (χ3v) is 1.99. The number of hydrogen-bond acceptors (Lipinski definition) is 3. The van der Waals surface area contributed by atoms with E-state index in [1.165, 1.54) is 0 Å². The van der Waals surface area contributed by atoms with Crippen LogP contribution in [-0.4, -0.2) is 10.0 Å². The van der Waals surface area contributed by atoms with Crippen LogP contribution in [-0.2, 0) is 0 Å². The molecule has 0 bridgehead atoms. The molecule has 0 aliphatic heterocycles. The number of nitrogens with two attached hydrogens (primary N) is 1. The van der Waals surface area contributed by atoms with Crippen molar-refractivity contribution in [2.75, 3.05) is 5.32 Å². The molecule has 8 heteroatoms. The largest absolute Gasteiger partial charge is 0.376 e. The van der Waals surface area contributed by atoms with E-state index in [0.29, 0.717) is 0 Å². The summed E-state index contributed by atoms with van der Waals surface area (Å²) in [7, 11) is 0. The van der Waals surface area contributed by atoms with E-state index in [2.05, 4.69) is 17.5 Å². The minimum Gasteiger partial charge on any atom is -0.376 e. The van der Waals surface area contributed by atoms with Crippen LogP contribution >= 0.6 is 23.8 Å². The predicted octanol–water partition coefficient (Wildman–Crippen LogP) is 2.04. The van der Waals surface area contributed by atoms with Crippen molar-refractivity contribution in [3.05, 3.63) is 33.1 Å². The van der Waals surface area contributed by atoms with Crippen LogP contribution in [0.4, 0.5) is 15.8 Å². The second kappa shape index (κ2) is 4.37. The molecule has 5 nitrogen and oxygen atoms in total. The number of rotatable bonds is 2. The van der Waals surface area contributed by atoms with E-state index in [4.69, 9.17) is 17.3 Å². The topological polar surface area (TPSA) is 81.2 Å². The molecule has 0 amide bonds. The fourth-order valence-electron chi connectivity index (χ4n) is 0.935. The van der Waals surface area contributed by atoms with Gasteiger partial charge < -0.3 is 11.1 Å². The van der Waals surface area contributed by atoms with Crippen LogP contribution in [0, 0.1) is 15.9 Å². The lowest BCUT2D eigenvalue weighted by Crippen LogP contribution is -2.20. The lowest BCUT2D eigenvalue weighted by Gasteiger charge is -2.07. The maximum Gasteiger partial charge on any atom is 0.294 e. The number of hydrogen-bond donors (Lipinski definition) is 2. The van der Waals surface area contributed by atoms with Crippen molar-refractivity contribution in [1.29, 1.82) is 0 Å². The molecule has 0 spiro atoms. The Labute approximate surface area is 94.2 Å². The van der Waals surface area contributed by atoms with Gasteiger partial charge in [0, 0.05) is 6.07 Å². The Morgan fingerprint density at radius 1 is 1.67 bits per heavy atom. The van der Waals surface area contributed by atoms with Crippen LogP contribution in [0.25, 0.3) is 0 Å². The van der Waals surface area contributed by atoms with Gasteiger partial charge in [0.05, 0.1) is 4.92 Å². The molecule has 0 aromatic heterocycles. The lowest BCUT2D eigenvalue weighted by molar-refractivity contribution is -0.383. The molecule has 0 saturated heterocycles. The first-order valence-corrected chi connectivity index (χ1v) is 4.41. The van der Waals surface area contributed by atoms with Crippen LogP contribution in [0.5, 0.6) is 0 Å². The first-order valence-electron chi connectivity index (χ1n) is 3.62. The summed E-state index contributed by atoms with van der Waals surface area (Å²) in [6, 6.07) is 1.87. The van der Waals surface area contributed by atoms with Crippen molar-refractivity contribution >= 4 is 40.3 Å². The van der Waals surface area contributed by atoms with E-state index in [0.717, 1.165) is 12.1 Å². The first-order chi connectivity index (χ1) is 6.93. The van der Waals surface area contributed by atoms with Gasteiger partial charge in [0.2, 0.25) is 0 Å². The lowest BCUT2D eigenvalue weighted by atomic mass is 10.2. The highest BCUT2D eigenvalue weighted by Crippen LogP contribution is 2.33. The highest BCUT2D eigenvalue weighted by atomic mass is 35.5. The summed E-state index contributed by atoms with van der Waals surface area (Å²) in [6.45, 7) is 0. The number of thiocarbonyl (C=S) groups is 1. The monoisotopic (exact) mass is 249 g/mol. The molecule has 0 aliphatic rings. The minimum atomic E-state index is -0.791. The number of nitrogens with zero attached hydrogens (tertiary/aromatic N) is 1. The summed E-state index contributed by atoms with van der Waals surface area (Å²) in [5.41, 5.74) is 4.49. The van der Waals surface area contributed by atoms with Crippen LogP contribution in [0.3, 0.4) is 0 Å². The van der Waals surface area contributed by atoms with E-state index in [-0.39, 0.29) is 10.8 Å². The zero-order valence-corrected chi connectivity index (χ0v) is 8.73. The summed E-state index contributed by atoms with van der Waals surface area (Å²) in [5, 5.41) is 12.2. The SMILES string of the molecule is NC(=S)Nc1c([N+](=O)[O-])ccc(F)c1Cl. The predicted molar refractivity (Wildman–Crippen MR) is 58.5 cm³/mol. The van der Waals surface area contributed by atoms with Crippen molar-refractivity contribution in [1.82, 2.24) is 0 Å². The molecule has 0 aliphatic carbocycles. The van der Waals surface area contributed by atoms with Gasteiger partial charge in [0.25, 0.3) is 5.69 Å². The highest BCUT2D eigenvalue weighted by Gasteiger charge is 2.20. The highest BCUT2D eigenvalue weighted by molar-refractivity contribution is 7.80. The quantitative estimate of drug-likeness (QED) is 0.476. The van der Waals surface area contributed by atoms with E-state index in [9.17, 15) is 14.5 Å². The van der Waals surface area contributed by atoms with Gasteiger partial charge in [-0.15, -0.1) is 0 Å². The fourth-order valence-corrected chi connectivity index (χ4v) is 1.24. The van der Waals surface area contributed by atoms with E-state index in [1.807, 2.05) is 0 Å². The van der Waals surface area contributed by atoms with Gasteiger partial charge in [-0.25, -0.2) is 4.39 Å². The maximum atomic E-state index is 13.0. The Hall–Kier alpha value is -1.47. The van der Waals surface area contributed by atoms with Crippen molar-refractivity contribution in [2.45, 2.75) is 0 Å². The fraction of sp³-hybridized carbons (Fsp3) is 0. The average Bonchev–Trinajstić information content (AvgIpc) is 2.12. The molecule has 0 radical (unpaired) electrons. The molecule has 15 heavy (non-hydrogen) atoms. The number of nitro benzene ring substituents is 1. The van der Waals surface area contributed by atoms with Gasteiger partial charge in [-0.1, -0.05) is 11.6 Å². The van der Waals surface area contributed by atoms with Crippen LogP contribution < -0.4 is 11.1 Å². The van der Waals surface area contributed by atoms with Crippen molar-refractivity contribution in [3.8, 4) is 0 Å². The third-order valence-electron chi connectivity index (χ3n) is 1.52. The molecule has 1 aromatic rings. The van der Waals surface area contributed by atoms with Gasteiger partial charge in [-0.2, -0.15) is 0 Å². The zero-order valence-electron chi connectivity index (χ0n) is 7.16. The summed E-state index contributed by atoms with van der Waals surface area (Å²) >= 11 is 10.0. The number of nitrogens with one attached hydrogen (secondary N) is 1. The van der Waals surface area contributed by atoms with Gasteiger partial charge in [0.1, 0.15) is 16.5 Å². The molecule has 1 aromatic carbocycles. The molecule has 0 saturated carbocycles. The standard InChI is InChI=1S/C7H5ClFN3O2S/c8-5-3(9)1-2-4(12(13)14)6(5)11-7(10)15/h1-2H,(H3,10,11,15). The zero-order chi connectivity index (χ0) is 11.6. The summed E-state index contributed by atoms with van der Waals surface area (Å²) in [5.74, 6) is -0.791. The molecule has 80 valence electrons. The molecule has 0 unspecified atom stereocenters. The normalized spacial score (nSPS) is 9.73. The Balaban J connectivity index is 3.34. The number of halogens is 2. The minimum absolute atomic E-state index is 0.231. The van der Waals surface area contributed by atoms with Gasteiger partial charge in [-0.3, -0.25) is 10.1 Å². The van der Waals surface area contributed by atoms with Crippen molar-refractivity contribution in [2.24, 2.45) is 5.73 Å². The number of benzene rings is 1. The van der Waals surface area contributed by atoms with E-state index >= 15 is 0 Å². The Kier molecular flexibility index (Phi) is 3.38. The smallest absolute Gasteiger partial charge is 0.294 e. The van der Waals surface area contributed by atoms with Gasteiger partial charge in [-0.05, 0) is 18.3 Å². The molecular formula is C7H5ClFN3O2S. The van der Waals surface area contributed by atoms with Gasteiger partial charge >= 0.3 is 0 Å². The van der Waals surface area contributed by atoms with E-state index < -0.39 is 21.5 Å². The number of nitro groups is 1. The third kappa shape index (κ3) is 2.51. The summed E-state index contributed by atoms with van der Waals surface area (Å²) < 4.78 is 13.0. The summed E-state index contributed by atoms with van der Waals surface area (Å²) in [6.07, 6.45) is 0. The second-order valence-electron chi connectivity index (χ2n) is 2.50. The Bertz CT molecular complexity index is 440. The number of anilines is 1. The van der Waals surface area contributed by atoms with Crippen molar-refractivity contribution in [3.63, 3.8) is 0 Å².